The number of rotatable bonds is 6. The Hall–Kier alpha value is -2.14. The highest BCUT2D eigenvalue weighted by Gasteiger charge is 2.11. The van der Waals surface area contributed by atoms with Crippen LogP contribution in [0.1, 0.15) is 16.7 Å². The van der Waals surface area contributed by atoms with Gasteiger partial charge in [-0.25, -0.2) is 0 Å². The van der Waals surface area contributed by atoms with E-state index >= 15 is 0 Å². The summed E-state index contributed by atoms with van der Waals surface area (Å²) >= 11 is 1.55. The molecule has 4 nitrogen and oxygen atoms in total. The van der Waals surface area contributed by atoms with Gasteiger partial charge in [-0.05, 0) is 44.0 Å². The van der Waals surface area contributed by atoms with E-state index in [2.05, 4.69) is 38.2 Å². The van der Waals surface area contributed by atoms with E-state index in [4.69, 9.17) is 9.47 Å². The molecule has 0 saturated carbocycles. The fourth-order valence-electron chi connectivity index (χ4n) is 2.62. The van der Waals surface area contributed by atoms with Crippen LogP contribution in [0.4, 0.5) is 5.69 Å². The Labute approximate surface area is 147 Å². The third-order valence-corrected chi connectivity index (χ3v) is 4.97. The maximum Gasteiger partial charge on any atom is 0.234 e. The Bertz CT molecular complexity index is 720. The molecule has 0 aliphatic carbocycles. The minimum Gasteiger partial charge on any atom is -0.497 e. The summed E-state index contributed by atoms with van der Waals surface area (Å²) < 4.78 is 10.5. The lowest BCUT2D eigenvalue weighted by Gasteiger charge is -2.13. The number of ether oxygens (including phenoxy) is 2. The molecule has 0 atom stereocenters. The van der Waals surface area contributed by atoms with Crippen molar-refractivity contribution in [3.8, 4) is 11.5 Å². The second kappa shape index (κ2) is 8.11. The molecular weight excluding hydrogens is 322 g/mol. The monoisotopic (exact) mass is 345 g/mol. The zero-order chi connectivity index (χ0) is 17.7. The zero-order valence-electron chi connectivity index (χ0n) is 14.7. The van der Waals surface area contributed by atoms with Crippen molar-refractivity contribution in [1.29, 1.82) is 0 Å². The van der Waals surface area contributed by atoms with Gasteiger partial charge in [-0.3, -0.25) is 4.79 Å². The molecule has 5 heteroatoms. The topological polar surface area (TPSA) is 47.6 Å². The third-order valence-electron chi connectivity index (χ3n) is 3.64. The quantitative estimate of drug-likeness (QED) is 0.790. The molecular formula is C19H23NO3S. The first-order valence-electron chi connectivity index (χ1n) is 7.67. The standard InChI is InChI=1S/C19H23NO3S/c1-12-8-13(2)19(14(3)9-12)24-11-18(21)20-16-7-6-15(22-4)10-17(16)23-5/h6-10H,11H2,1-5H3,(H,20,21). The molecule has 0 spiro atoms. The van der Waals surface area contributed by atoms with E-state index in [0.717, 1.165) is 4.90 Å². The lowest BCUT2D eigenvalue weighted by atomic mass is 10.1. The molecule has 0 radical (unpaired) electrons. The molecule has 0 aliphatic heterocycles. The summed E-state index contributed by atoms with van der Waals surface area (Å²) in [7, 11) is 3.16. The van der Waals surface area contributed by atoms with Crippen LogP contribution in [-0.2, 0) is 4.79 Å². The lowest BCUT2D eigenvalue weighted by Crippen LogP contribution is -2.15. The Morgan fingerprint density at radius 2 is 1.71 bits per heavy atom. The van der Waals surface area contributed by atoms with Crippen LogP contribution in [0, 0.1) is 20.8 Å². The summed E-state index contributed by atoms with van der Waals surface area (Å²) in [5, 5.41) is 2.89. The van der Waals surface area contributed by atoms with Crippen molar-refractivity contribution in [3.05, 3.63) is 47.0 Å². The van der Waals surface area contributed by atoms with Crippen LogP contribution in [0.5, 0.6) is 11.5 Å². The molecule has 0 bridgehead atoms. The third kappa shape index (κ3) is 4.45. The Kier molecular flexibility index (Phi) is 6.15. The minimum absolute atomic E-state index is 0.0668. The molecule has 2 aromatic carbocycles. The molecule has 2 rings (SSSR count). The number of amides is 1. The van der Waals surface area contributed by atoms with Gasteiger partial charge in [-0.1, -0.05) is 17.7 Å². The highest BCUT2D eigenvalue weighted by Crippen LogP contribution is 2.30. The molecule has 1 N–H and O–H groups in total. The van der Waals surface area contributed by atoms with E-state index in [0.29, 0.717) is 22.9 Å². The van der Waals surface area contributed by atoms with Crippen LogP contribution in [0.2, 0.25) is 0 Å². The van der Waals surface area contributed by atoms with E-state index in [9.17, 15) is 4.79 Å². The molecule has 24 heavy (non-hydrogen) atoms. The lowest BCUT2D eigenvalue weighted by molar-refractivity contribution is -0.113. The van der Waals surface area contributed by atoms with E-state index in [1.165, 1.54) is 16.7 Å². The van der Waals surface area contributed by atoms with Crippen molar-refractivity contribution >= 4 is 23.4 Å². The smallest absolute Gasteiger partial charge is 0.234 e. The van der Waals surface area contributed by atoms with Crippen molar-refractivity contribution in [2.24, 2.45) is 0 Å². The van der Waals surface area contributed by atoms with Gasteiger partial charge in [0.25, 0.3) is 0 Å². The maximum atomic E-state index is 12.3. The van der Waals surface area contributed by atoms with Crippen LogP contribution in [-0.4, -0.2) is 25.9 Å². The van der Waals surface area contributed by atoms with E-state index in [-0.39, 0.29) is 5.91 Å². The summed E-state index contributed by atoms with van der Waals surface area (Å²) in [6.07, 6.45) is 0. The number of methoxy groups -OCH3 is 2. The van der Waals surface area contributed by atoms with Gasteiger partial charge in [0.15, 0.2) is 0 Å². The SMILES string of the molecule is COc1ccc(NC(=O)CSc2c(C)cc(C)cc2C)c(OC)c1. The number of nitrogens with one attached hydrogen (secondary N) is 1. The number of hydrogen-bond acceptors (Lipinski definition) is 4. The predicted octanol–water partition coefficient (Wildman–Crippen LogP) is 4.36. The van der Waals surface area contributed by atoms with Gasteiger partial charge in [0.05, 0.1) is 25.7 Å². The van der Waals surface area contributed by atoms with Gasteiger partial charge >= 0.3 is 0 Å². The predicted molar refractivity (Wildman–Crippen MR) is 99.6 cm³/mol. The number of anilines is 1. The van der Waals surface area contributed by atoms with Gasteiger partial charge < -0.3 is 14.8 Å². The van der Waals surface area contributed by atoms with Crippen molar-refractivity contribution < 1.29 is 14.3 Å². The summed E-state index contributed by atoms with van der Waals surface area (Å²) in [5.41, 5.74) is 4.28. The fourth-order valence-corrected chi connectivity index (χ4v) is 3.54. The highest BCUT2D eigenvalue weighted by atomic mass is 32.2. The van der Waals surface area contributed by atoms with Crippen LogP contribution in [0.25, 0.3) is 0 Å². The average Bonchev–Trinajstić information content (AvgIpc) is 2.54. The van der Waals surface area contributed by atoms with Crippen molar-refractivity contribution in [3.63, 3.8) is 0 Å². The summed E-state index contributed by atoms with van der Waals surface area (Å²) in [4.78, 5) is 13.4. The Morgan fingerprint density at radius 3 is 2.29 bits per heavy atom. The summed E-state index contributed by atoms with van der Waals surface area (Å²) in [5.74, 6) is 1.54. The molecule has 0 unspecified atom stereocenters. The van der Waals surface area contributed by atoms with Gasteiger partial charge in [0.1, 0.15) is 11.5 Å². The van der Waals surface area contributed by atoms with Crippen LogP contribution >= 0.6 is 11.8 Å². The normalized spacial score (nSPS) is 10.4. The van der Waals surface area contributed by atoms with Gasteiger partial charge in [-0.15, -0.1) is 11.8 Å². The number of hydrogen-bond donors (Lipinski definition) is 1. The summed E-state index contributed by atoms with van der Waals surface area (Å²) in [6, 6.07) is 9.60. The van der Waals surface area contributed by atoms with Crippen LogP contribution in [0.15, 0.2) is 35.2 Å². The Morgan fingerprint density at radius 1 is 1.04 bits per heavy atom. The first-order valence-corrected chi connectivity index (χ1v) is 8.65. The van der Waals surface area contributed by atoms with Gasteiger partial charge in [0.2, 0.25) is 5.91 Å². The molecule has 0 aromatic heterocycles. The fraction of sp³-hybridized carbons (Fsp3) is 0.316. The van der Waals surface area contributed by atoms with Crippen molar-refractivity contribution in [2.75, 3.05) is 25.3 Å². The number of benzene rings is 2. The van der Waals surface area contributed by atoms with E-state index in [1.54, 1.807) is 44.2 Å². The number of thioether (sulfide) groups is 1. The minimum atomic E-state index is -0.0668. The molecule has 0 fully saturated rings. The van der Waals surface area contributed by atoms with Crippen LogP contribution in [0.3, 0.4) is 0 Å². The molecule has 128 valence electrons. The van der Waals surface area contributed by atoms with E-state index in [1.807, 2.05) is 0 Å². The molecule has 0 saturated heterocycles. The second-order valence-electron chi connectivity index (χ2n) is 5.63. The molecule has 1 amide bonds. The highest BCUT2D eigenvalue weighted by molar-refractivity contribution is 8.00. The van der Waals surface area contributed by atoms with Gasteiger partial charge in [0, 0.05) is 11.0 Å². The Balaban J connectivity index is 2.04. The first kappa shape index (κ1) is 18.2. The van der Waals surface area contributed by atoms with Crippen LogP contribution < -0.4 is 14.8 Å². The van der Waals surface area contributed by atoms with Crippen molar-refractivity contribution in [1.82, 2.24) is 0 Å². The average molecular weight is 345 g/mol. The largest absolute Gasteiger partial charge is 0.497 e. The second-order valence-corrected chi connectivity index (χ2v) is 6.62. The molecule has 2 aromatic rings. The number of aryl methyl sites for hydroxylation is 3. The zero-order valence-corrected chi connectivity index (χ0v) is 15.5. The maximum absolute atomic E-state index is 12.3. The molecule has 0 heterocycles. The molecule has 0 aliphatic rings. The van der Waals surface area contributed by atoms with Crippen molar-refractivity contribution in [2.45, 2.75) is 25.7 Å². The summed E-state index contributed by atoms with van der Waals surface area (Å²) in [6.45, 7) is 6.23. The first-order chi connectivity index (χ1) is 11.4. The van der Waals surface area contributed by atoms with E-state index < -0.39 is 0 Å². The number of carbonyl (C=O) groups is 1. The van der Waals surface area contributed by atoms with Gasteiger partial charge in [-0.2, -0.15) is 0 Å². The number of carbonyl (C=O) groups excluding carboxylic acids is 1.